The molecule has 1 amide bonds. The lowest BCUT2D eigenvalue weighted by Crippen LogP contribution is -2.42. The van der Waals surface area contributed by atoms with E-state index in [2.05, 4.69) is 5.32 Å². The molecule has 6 heteroatoms. The molecule has 19 heavy (non-hydrogen) atoms. The largest absolute Gasteiger partial charge is 0.481 e. The van der Waals surface area contributed by atoms with Crippen LogP contribution in [-0.4, -0.2) is 28.1 Å². The van der Waals surface area contributed by atoms with Crippen molar-refractivity contribution >= 4 is 23.5 Å². The third kappa shape index (κ3) is 3.29. The summed E-state index contributed by atoms with van der Waals surface area (Å²) in [6, 6.07) is 1.55. The quantitative estimate of drug-likeness (QED) is 0.843. The van der Waals surface area contributed by atoms with Gasteiger partial charge in [0.25, 0.3) is 5.91 Å². The summed E-state index contributed by atoms with van der Waals surface area (Å²) < 4.78 is 1.61. The molecule has 0 aliphatic heterocycles. The Kier molecular flexibility index (Phi) is 5.00. The van der Waals surface area contributed by atoms with Crippen LogP contribution in [0.5, 0.6) is 0 Å². The smallest absolute Gasteiger partial charge is 0.311 e. The first kappa shape index (κ1) is 15.6. The number of aliphatic carboxylic acids is 1. The molecule has 0 saturated carbocycles. The van der Waals surface area contributed by atoms with Crippen molar-refractivity contribution in [1.82, 2.24) is 9.88 Å². The van der Waals surface area contributed by atoms with Crippen molar-refractivity contribution in [3.05, 3.63) is 23.0 Å². The van der Waals surface area contributed by atoms with E-state index in [0.717, 1.165) is 0 Å². The first-order chi connectivity index (χ1) is 8.86. The van der Waals surface area contributed by atoms with Crippen LogP contribution in [0.1, 0.15) is 37.2 Å². The second-order valence-electron chi connectivity index (χ2n) is 4.63. The number of nitrogens with one attached hydrogen (secondary N) is 1. The van der Waals surface area contributed by atoms with Gasteiger partial charge in [-0.15, -0.1) is 0 Å². The average Bonchev–Trinajstić information content (AvgIpc) is 2.69. The number of aryl methyl sites for hydroxylation is 1. The number of halogens is 1. The highest BCUT2D eigenvalue weighted by Gasteiger charge is 2.35. The van der Waals surface area contributed by atoms with E-state index >= 15 is 0 Å². The van der Waals surface area contributed by atoms with E-state index in [0.29, 0.717) is 23.6 Å². The molecule has 106 valence electrons. The van der Waals surface area contributed by atoms with Gasteiger partial charge in [0, 0.05) is 19.8 Å². The van der Waals surface area contributed by atoms with Crippen LogP contribution >= 0.6 is 11.6 Å². The van der Waals surface area contributed by atoms with Gasteiger partial charge in [-0.1, -0.05) is 25.4 Å². The van der Waals surface area contributed by atoms with Gasteiger partial charge in [0.1, 0.15) is 5.69 Å². The Morgan fingerprint density at radius 2 is 2.00 bits per heavy atom. The second kappa shape index (κ2) is 6.10. The fourth-order valence-electron chi connectivity index (χ4n) is 1.97. The summed E-state index contributed by atoms with van der Waals surface area (Å²) in [5.41, 5.74) is -0.499. The first-order valence-corrected chi connectivity index (χ1v) is 6.57. The molecule has 1 aromatic heterocycles. The zero-order valence-electron chi connectivity index (χ0n) is 11.4. The first-order valence-electron chi connectivity index (χ1n) is 6.19. The Balaban J connectivity index is 2.78. The van der Waals surface area contributed by atoms with Crippen molar-refractivity contribution in [2.24, 2.45) is 12.5 Å². The van der Waals surface area contributed by atoms with Gasteiger partial charge in [0.2, 0.25) is 0 Å². The molecule has 0 saturated heterocycles. The molecule has 0 radical (unpaired) electrons. The molecule has 0 aliphatic carbocycles. The fourth-order valence-corrected chi connectivity index (χ4v) is 2.22. The van der Waals surface area contributed by atoms with Crippen LogP contribution in [0.2, 0.25) is 5.02 Å². The minimum Gasteiger partial charge on any atom is -0.481 e. The van der Waals surface area contributed by atoms with E-state index in [9.17, 15) is 14.7 Å². The van der Waals surface area contributed by atoms with E-state index in [4.69, 9.17) is 11.6 Å². The number of carbonyl (C=O) groups excluding carboxylic acids is 1. The SMILES string of the molecule is CCC(CC)(CNC(=O)c1cc(Cl)cn1C)C(=O)O. The van der Waals surface area contributed by atoms with E-state index in [-0.39, 0.29) is 12.5 Å². The topological polar surface area (TPSA) is 71.3 Å². The summed E-state index contributed by atoms with van der Waals surface area (Å²) in [6.45, 7) is 3.73. The van der Waals surface area contributed by atoms with Crippen LogP contribution in [0.15, 0.2) is 12.3 Å². The van der Waals surface area contributed by atoms with Crippen LogP contribution < -0.4 is 5.32 Å². The van der Waals surface area contributed by atoms with Crippen molar-refractivity contribution in [2.45, 2.75) is 26.7 Å². The number of carboxylic acid groups (broad SMARTS) is 1. The van der Waals surface area contributed by atoms with Gasteiger partial charge in [-0.3, -0.25) is 9.59 Å². The summed E-state index contributed by atoms with van der Waals surface area (Å²) in [6.07, 6.45) is 2.56. The zero-order chi connectivity index (χ0) is 14.6. The van der Waals surface area contributed by atoms with Crippen molar-refractivity contribution in [3.8, 4) is 0 Å². The average molecular weight is 287 g/mol. The molecular weight excluding hydrogens is 268 g/mol. The van der Waals surface area contributed by atoms with E-state index < -0.39 is 11.4 Å². The normalized spacial score (nSPS) is 11.4. The van der Waals surface area contributed by atoms with E-state index in [1.54, 1.807) is 23.9 Å². The molecule has 0 atom stereocenters. The van der Waals surface area contributed by atoms with Gasteiger partial charge in [0.15, 0.2) is 0 Å². The molecule has 0 unspecified atom stereocenters. The maximum absolute atomic E-state index is 12.0. The van der Waals surface area contributed by atoms with Gasteiger partial charge in [-0.05, 0) is 18.9 Å². The molecule has 1 heterocycles. The lowest BCUT2D eigenvalue weighted by Gasteiger charge is -2.26. The van der Waals surface area contributed by atoms with Crippen LogP contribution in [0, 0.1) is 5.41 Å². The van der Waals surface area contributed by atoms with Crippen molar-refractivity contribution in [2.75, 3.05) is 6.54 Å². The third-order valence-corrected chi connectivity index (χ3v) is 3.81. The molecule has 0 aromatic carbocycles. The van der Waals surface area contributed by atoms with Gasteiger partial charge >= 0.3 is 5.97 Å². The minimum absolute atomic E-state index is 0.108. The van der Waals surface area contributed by atoms with Gasteiger partial charge < -0.3 is 15.0 Å². The van der Waals surface area contributed by atoms with Crippen LogP contribution in [-0.2, 0) is 11.8 Å². The van der Waals surface area contributed by atoms with E-state index in [1.807, 2.05) is 13.8 Å². The molecule has 0 fully saturated rings. The van der Waals surface area contributed by atoms with Gasteiger partial charge in [-0.2, -0.15) is 0 Å². The molecule has 0 bridgehead atoms. The van der Waals surface area contributed by atoms with Crippen LogP contribution in [0.25, 0.3) is 0 Å². The maximum Gasteiger partial charge on any atom is 0.311 e. The second-order valence-corrected chi connectivity index (χ2v) is 5.07. The standard InChI is InChI=1S/C13H19ClN2O3/c1-4-13(5-2,12(18)19)8-15-11(17)10-6-9(14)7-16(10)3/h6-7H,4-5,8H2,1-3H3,(H,15,17)(H,18,19). The van der Waals surface area contributed by atoms with Crippen LogP contribution in [0.4, 0.5) is 0 Å². The number of hydrogen-bond acceptors (Lipinski definition) is 2. The predicted molar refractivity (Wildman–Crippen MR) is 73.4 cm³/mol. The molecule has 1 aromatic rings. The van der Waals surface area contributed by atoms with Gasteiger partial charge in [-0.25, -0.2) is 0 Å². The highest BCUT2D eigenvalue weighted by Crippen LogP contribution is 2.25. The Hall–Kier alpha value is -1.49. The lowest BCUT2D eigenvalue weighted by atomic mass is 9.82. The molecule has 5 nitrogen and oxygen atoms in total. The highest BCUT2D eigenvalue weighted by atomic mass is 35.5. The van der Waals surface area contributed by atoms with E-state index in [1.165, 1.54) is 0 Å². The molecular formula is C13H19ClN2O3. The zero-order valence-corrected chi connectivity index (χ0v) is 12.1. The number of rotatable bonds is 6. The minimum atomic E-state index is -0.912. The number of hydrogen-bond donors (Lipinski definition) is 2. The molecule has 0 spiro atoms. The summed E-state index contributed by atoms with van der Waals surface area (Å²) >= 11 is 5.81. The number of aromatic nitrogens is 1. The Morgan fingerprint density at radius 1 is 1.42 bits per heavy atom. The van der Waals surface area contributed by atoms with Crippen molar-refractivity contribution in [3.63, 3.8) is 0 Å². The Labute approximate surface area is 117 Å². The fraction of sp³-hybridized carbons (Fsp3) is 0.538. The number of carbonyl (C=O) groups is 2. The number of amides is 1. The molecule has 2 N–H and O–H groups in total. The Morgan fingerprint density at radius 3 is 2.37 bits per heavy atom. The monoisotopic (exact) mass is 286 g/mol. The molecule has 0 aliphatic rings. The highest BCUT2D eigenvalue weighted by molar-refractivity contribution is 6.31. The summed E-state index contributed by atoms with van der Waals surface area (Å²) in [4.78, 5) is 23.3. The van der Waals surface area contributed by atoms with Crippen LogP contribution in [0.3, 0.4) is 0 Å². The Bertz CT molecular complexity index is 478. The summed E-state index contributed by atoms with van der Waals surface area (Å²) in [5.74, 6) is -1.20. The predicted octanol–water partition coefficient (Wildman–Crippen LogP) is 2.30. The number of nitrogens with zero attached hydrogens (tertiary/aromatic N) is 1. The molecule has 1 rings (SSSR count). The van der Waals surface area contributed by atoms with Crippen molar-refractivity contribution < 1.29 is 14.7 Å². The number of carboxylic acids is 1. The summed E-state index contributed by atoms with van der Waals surface area (Å²) in [5, 5.41) is 12.4. The summed E-state index contributed by atoms with van der Waals surface area (Å²) in [7, 11) is 1.71. The van der Waals surface area contributed by atoms with Gasteiger partial charge in [0.05, 0.1) is 10.4 Å². The lowest BCUT2D eigenvalue weighted by molar-refractivity contribution is -0.149. The third-order valence-electron chi connectivity index (χ3n) is 3.60. The maximum atomic E-state index is 12.0. The van der Waals surface area contributed by atoms with Crippen molar-refractivity contribution in [1.29, 1.82) is 0 Å².